The number of rotatable bonds is 10. The number of ether oxygens (including phenoxy) is 4. The number of nitrogens with zero attached hydrogens (tertiary/aromatic N) is 1. The Balaban J connectivity index is 1.29. The number of benzene rings is 3. The van der Waals surface area contributed by atoms with E-state index in [9.17, 15) is 4.79 Å². The first-order valence-corrected chi connectivity index (χ1v) is 10.8. The van der Waals surface area contributed by atoms with Crippen molar-refractivity contribution in [1.29, 1.82) is 0 Å². The van der Waals surface area contributed by atoms with Gasteiger partial charge in [0.05, 0.1) is 6.61 Å². The second kappa shape index (κ2) is 10.7. The van der Waals surface area contributed by atoms with Crippen LogP contribution in [0.5, 0.6) is 28.7 Å². The molecule has 0 amide bonds. The molecule has 6 nitrogen and oxygen atoms in total. The summed E-state index contributed by atoms with van der Waals surface area (Å²) in [6.07, 6.45) is 4.28. The SMILES string of the molecule is CN(C)CCCOc1ccc(Oc2ccc(C(=O)/C=C/c3ccc4c(c3)OCO4)cc2)cc1. The van der Waals surface area contributed by atoms with E-state index in [0.717, 1.165) is 30.0 Å². The van der Waals surface area contributed by atoms with E-state index in [0.29, 0.717) is 29.4 Å². The van der Waals surface area contributed by atoms with Crippen molar-refractivity contribution in [2.45, 2.75) is 6.42 Å². The van der Waals surface area contributed by atoms with Crippen molar-refractivity contribution in [3.05, 3.63) is 83.9 Å². The van der Waals surface area contributed by atoms with Crippen LogP contribution in [0.2, 0.25) is 0 Å². The maximum absolute atomic E-state index is 12.5. The molecule has 0 bridgehead atoms. The normalized spacial score (nSPS) is 12.3. The van der Waals surface area contributed by atoms with E-state index in [-0.39, 0.29) is 12.6 Å². The summed E-state index contributed by atoms with van der Waals surface area (Å²) in [5.41, 5.74) is 1.46. The molecule has 0 aromatic heterocycles. The second-order valence-corrected chi connectivity index (χ2v) is 7.91. The van der Waals surface area contributed by atoms with E-state index in [1.807, 2.05) is 56.6 Å². The van der Waals surface area contributed by atoms with E-state index in [1.54, 1.807) is 36.4 Å². The van der Waals surface area contributed by atoms with Crippen molar-refractivity contribution in [3.63, 3.8) is 0 Å². The van der Waals surface area contributed by atoms with Crippen LogP contribution in [0.4, 0.5) is 0 Å². The van der Waals surface area contributed by atoms with E-state index in [4.69, 9.17) is 18.9 Å². The van der Waals surface area contributed by atoms with Crippen LogP contribution in [-0.2, 0) is 0 Å². The van der Waals surface area contributed by atoms with Gasteiger partial charge in [0.15, 0.2) is 17.3 Å². The number of carbonyl (C=O) groups is 1. The Morgan fingerprint density at radius 2 is 1.58 bits per heavy atom. The number of allylic oxidation sites excluding steroid dienone is 1. The maximum Gasteiger partial charge on any atom is 0.231 e. The first-order valence-electron chi connectivity index (χ1n) is 10.8. The third-order valence-corrected chi connectivity index (χ3v) is 5.04. The van der Waals surface area contributed by atoms with Crippen molar-refractivity contribution in [1.82, 2.24) is 4.90 Å². The zero-order valence-corrected chi connectivity index (χ0v) is 18.8. The zero-order chi connectivity index (χ0) is 23.0. The molecule has 0 unspecified atom stereocenters. The number of ketones is 1. The third-order valence-electron chi connectivity index (χ3n) is 5.04. The summed E-state index contributed by atoms with van der Waals surface area (Å²) in [4.78, 5) is 14.6. The average molecular weight is 446 g/mol. The van der Waals surface area contributed by atoms with Crippen LogP contribution in [0.15, 0.2) is 72.8 Å². The van der Waals surface area contributed by atoms with Gasteiger partial charge in [0.25, 0.3) is 0 Å². The Labute approximate surface area is 194 Å². The van der Waals surface area contributed by atoms with Crippen LogP contribution in [0.25, 0.3) is 6.08 Å². The van der Waals surface area contributed by atoms with Crippen molar-refractivity contribution in [3.8, 4) is 28.7 Å². The monoisotopic (exact) mass is 445 g/mol. The lowest BCUT2D eigenvalue weighted by atomic mass is 10.1. The molecule has 3 aromatic rings. The fourth-order valence-electron chi connectivity index (χ4n) is 3.28. The van der Waals surface area contributed by atoms with Crippen LogP contribution in [0, 0.1) is 0 Å². The van der Waals surface area contributed by atoms with Crippen LogP contribution >= 0.6 is 0 Å². The zero-order valence-electron chi connectivity index (χ0n) is 18.8. The van der Waals surface area contributed by atoms with Crippen molar-refractivity contribution in [2.24, 2.45) is 0 Å². The van der Waals surface area contributed by atoms with Crippen molar-refractivity contribution < 1.29 is 23.7 Å². The minimum absolute atomic E-state index is 0.0880. The lowest BCUT2D eigenvalue weighted by Crippen LogP contribution is -2.15. The Bertz CT molecular complexity index is 1100. The second-order valence-electron chi connectivity index (χ2n) is 7.91. The molecule has 0 spiro atoms. The van der Waals surface area contributed by atoms with Crippen LogP contribution in [0.1, 0.15) is 22.3 Å². The van der Waals surface area contributed by atoms with Crippen molar-refractivity contribution in [2.75, 3.05) is 34.0 Å². The molecule has 1 aliphatic heterocycles. The quantitative estimate of drug-likeness (QED) is 0.236. The summed E-state index contributed by atoms with van der Waals surface area (Å²) in [6, 6.07) is 20.2. The van der Waals surface area contributed by atoms with E-state index >= 15 is 0 Å². The Kier molecular flexibility index (Phi) is 7.27. The number of hydrogen-bond acceptors (Lipinski definition) is 6. The molecule has 1 aliphatic rings. The lowest BCUT2D eigenvalue weighted by molar-refractivity contribution is 0.104. The molecule has 4 rings (SSSR count). The topological polar surface area (TPSA) is 57.2 Å². The molecule has 1 heterocycles. The molecule has 33 heavy (non-hydrogen) atoms. The molecule has 3 aromatic carbocycles. The molecule has 0 N–H and O–H groups in total. The van der Waals surface area contributed by atoms with Gasteiger partial charge in [-0.15, -0.1) is 0 Å². The predicted octanol–water partition coefficient (Wildman–Crippen LogP) is 5.43. The minimum Gasteiger partial charge on any atom is -0.494 e. The predicted molar refractivity (Wildman–Crippen MR) is 128 cm³/mol. The molecule has 0 radical (unpaired) electrons. The minimum atomic E-state index is -0.0880. The van der Waals surface area contributed by atoms with Gasteiger partial charge in [-0.3, -0.25) is 4.79 Å². The van der Waals surface area contributed by atoms with Gasteiger partial charge in [-0.05, 0) is 92.8 Å². The summed E-state index contributed by atoms with van der Waals surface area (Å²) in [5.74, 6) is 3.50. The molecule has 0 saturated heterocycles. The van der Waals surface area contributed by atoms with E-state index in [1.165, 1.54) is 0 Å². The fraction of sp³-hybridized carbons (Fsp3) is 0.222. The smallest absolute Gasteiger partial charge is 0.231 e. The largest absolute Gasteiger partial charge is 0.494 e. The van der Waals surface area contributed by atoms with Gasteiger partial charge in [0.1, 0.15) is 17.2 Å². The van der Waals surface area contributed by atoms with Gasteiger partial charge in [-0.2, -0.15) is 0 Å². The fourth-order valence-corrected chi connectivity index (χ4v) is 3.28. The Morgan fingerprint density at radius 1 is 0.909 bits per heavy atom. The summed E-state index contributed by atoms with van der Waals surface area (Å²) in [7, 11) is 4.10. The molecule has 0 atom stereocenters. The highest BCUT2D eigenvalue weighted by Crippen LogP contribution is 2.33. The highest BCUT2D eigenvalue weighted by molar-refractivity contribution is 6.06. The van der Waals surface area contributed by atoms with Gasteiger partial charge in [0, 0.05) is 12.1 Å². The Hall–Kier alpha value is -3.77. The first kappa shape index (κ1) is 22.4. The first-order chi connectivity index (χ1) is 16.1. The van der Waals surface area contributed by atoms with Crippen LogP contribution < -0.4 is 18.9 Å². The maximum atomic E-state index is 12.5. The molecule has 0 saturated carbocycles. The van der Waals surface area contributed by atoms with Gasteiger partial charge >= 0.3 is 0 Å². The number of fused-ring (bicyclic) bond motifs is 1. The molecule has 0 aliphatic carbocycles. The Morgan fingerprint density at radius 3 is 2.30 bits per heavy atom. The molecule has 0 fully saturated rings. The summed E-state index contributed by atoms with van der Waals surface area (Å²) in [6.45, 7) is 1.90. The lowest BCUT2D eigenvalue weighted by Gasteiger charge is -2.11. The summed E-state index contributed by atoms with van der Waals surface area (Å²) >= 11 is 0. The van der Waals surface area contributed by atoms with Crippen LogP contribution in [-0.4, -0.2) is 44.7 Å². The third kappa shape index (κ3) is 6.37. The van der Waals surface area contributed by atoms with Gasteiger partial charge < -0.3 is 23.8 Å². The average Bonchev–Trinajstić information content (AvgIpc) is 3.30. The van der Waals surface area contributed by atoms with Gasteiger partial charge in [-0.25, -0.2) is 0 Å². The molecule has 6 heteroatoms. The van der Waals surface area contributed by atoms with Gasteiger partial charge in [-0.1, -0.05) is 12.1 Å². The van der Waals surface area contributed by atoms with Gasteiger partial charge in [0.2, 0.25) is 6.79 Å². The van der Waals surface area contributed by atoms with E-state index in [2.05, 4.69) is 4.90 Å². The summed E-state index contributed by atoms with van der Waals surface area (Å²) in [5, 5.41) is 0. The molecular formula is C27H27NO5. The van der Waals surface area contributed by atoms with E-state index < -0.39 is 0 Å². The number of hydrogen-bond donors (Lipinski definition) is 0. The summed E-state index contributed by atoms with van der Waals surface area (Å²) < 4.78 is 22.3. The highest BCUT2D eigenvalue weighted by atomic mass is 16.7. The standard InChI is InChI=1S/C27H27NO5/c1-28(2)16-3-17-30-22-10-12-24(13-11-22)33-23-8-6-21(7-9-23)25(29)14-4-20-5-15-26-27(18-20)32-19-31-26/h4-15,18H,3,16-17,19H2,1-2H3/b14-4+. The van der Waals surface area contributed by atoms with Crippen LogP contribution in [0.3, 0.4) is 0 Å². The van der Waals surface area contributed by atoms with Crippen molar-refractivity contribution >= 4 is 11.9 Å². The molecule has 170 valence electrons. The molecular weight excluding hydrogens is 418 g/mol. The highest BCUT2D eigenvalue weighted by Gasteiger charge is 2.12. The number of carbonyl (C=O) groups excluding carboxylic acids is 1.